The number of likely N-dealkylation sites (tertiary alicyclic amines) is 1. The minimum absolute atomic E-state index is 0.220. The third kappa shape index (κ3) is 4.39. The van der Waals surface area contributed by atoms with Crippen LogP contribution in [0.5, 0.6) is 11.5 Å². The molecule has 2 aromatic heterocycles. The molecular formula is C22H26N2O3S. The third-order valence-corrected chi connectivity index (χ3v) is 5.83. The highest BCUT2D eigenvalue weighted by atomic mass is 32.1. The van der Waals surface area contributed by atoms with Crippen LogP contribution in [0.25, 0.3) is 10.8 Å². The van der Waals surface area contributed by atoms with Gasteiger partial charge in [0.15, 0.2) is 11.5 Å². The molecule has 1 aromatic carbocycles. The number of ether oxygens (including phenoxy) is 2. The van der Waals surface area contributed by atoms with Crippen molar-refractivity contribution in [1.82, 2.24) is 9.88 Å². The molecule has 1 aliphatic rings. The summed E-state index contributed by atoms with van der Waals surface area (Å²) >= 11 is 1.65. The number of aryl methyl sites for hydroxylation is 1. The van der Waals surface area contributed by atoms with Crippen LogP contribution in [0.1, 0.15) is 31.2 Å². The molecule has 3 heterocycles. The number of benzene rings is 1. The van der Waals surface area contributed by atoms with Gasteiger partial charge in [0, 0.05) is 19.6 Å². The van der Waals surface area contributed by atoms with Gasteiger partial charge in [0.2, 0.25) is 5.89 Å². The summed E-state index contributed by atoms with van der Waals surface area (Å²) in [5.41, 5.74) is 1.03. The second kappa shape index (κ2) is 8.80. The van der Waals surface area contributed by atoms with Crippen LogP contribution in [0.3, 0.4) is 0 Å². The van der Waals surface area contributed by atoms with Crippen molar-refractivity contribution < 1.29 is 13.9 Å². The van der Waals surface area contributed by atoms with Crippen LogP contribution in [0.15, 0.2) is 46.2 Å². The molecule has 0 amide bonds. The van der Waals surface area contributed by atoms with Crippen molar-refractivity contribution in [1.29, 1.82) is 0 Å². The molecule has 1 saturated heterocycles. The number of para-hydroxylation sites is 2. The third-order valence-electron chi connectivity index (χ3n) is 4.98. The Morgan fingerprint density at radius 1 is 1.14 bits per heavy atom. The van der Waals surface area contributed by atoms with Crippen molar-refractivity contribution in [3.63, 3.8) is 0 Å². The average molecular weight is 399 g/mol. The summed E-state index contributed by atoms with van der Waals surface area (Å²) in [5.74, 6) is 3.31. The molecule has 0 radical (unpaired) electrons. The number of piperidine rings is 1. The SMILES string of the molecule is CCOc1ccccc1OC1CCN(Cc2nc(-c3cccs3)oc2C)CC1. The summed E-state index contributed by atoms with van der Waals surface area (Å²) in [6, 6.07) is 12.0. The van der Waals surface area contributed by atoms with E-state index in [0.29, 0.717) is 6.61 Å². The van der Waals surface area contributed by atoms with E-state index in [0.717, 1.165) is 66.2 Å². The van der Waals surface area contributed by atoms with Gasteiger partial charge in [-0.25, -0.2) is 4.98 Å². The van der Waals surface area contributed by atoms with E-state index >= 15 is 0 Å². The van der Waals surface area contributed by atoms with Crippen molar-refractivity contribution in [2.75, 3.05) is 19.7 Å². The van der Waals surface area contributed by atoms with E-state index in [-0.39, 0.29) is 6.10 Å². The second-order valence-electron chi connectivity index (χ2n) is 6.97. The Labute approximate surface area is 169 Å². The first-order valence-electron chi connectivity index (χ1n) is 9.84. The molecule has 0 spiro atoms. The molecule has 0 aliphatic carbocycles. The zero-order valence-corrected chi connectivity index (χ0v) is 17.2. The molecule has 0 saturated carbocycles. The second-order valence-corrected chi connectivity index (χ2v) is 7.92. The largest absolute Gasteiger partial charge is 0.490 e. The van der Waals surface area contributed by atoms with Crippen LogP contribution >= 0.6 is 11.3 Å². The van der Waals surface area contributed by atoms with E-state index < -0.39 is 0 Å². The van der Waals surface area contributed by atoms with Crippen LogP contribution in [-0.2, 0) is 6.54 Å². The average Bonchev–Trinajstić information content (AvgIpc) is 3.36. The first-order chi connectivity index (χ1) is 13.7. The number of hydrogen-bond donors (Lipinski definition) is 0. The van der Waals surface area contributed by atoms with Gasteiger partial charge in [-0.3, -0.25) is 4.90 Å². The molecule has 28 heavy (non-hydrogen) atoms. The summed E-state index contributed by atoms with van der Waals surface area (Å²) in [7, 11) is 0. The number of thiophene rings is 1. The normalized spacial score (nSPS) is 15.6. The lowest BCUT2D eigenvalue weighted by molar-refractivity contribution is 0.0929. The van der Waals surface area contributed by atoms with E-state index in [1.165, 1.54) is 0 Å². The Morgan fingerprint density at radius 3 is 2.64 bits per heavy atom. The number of rotatable bonds is 7. The van der Waals surface area contributed by atoms with Gasteiger partial charge in [0.05, 0.1) is 17.2 Å². The standard InChI is InChI=1S/C22H26N2O3S/c1-3-25-19-7-4-5-8-20(19)27-17-10-12-24(13-11-17)15-18-16(2)26-22(23-18)21-9-6-14-28-21/h4-9,14,17H,3,10-13,15H2,1-2H3. The van der Waals surface area contributed by atoms with Gasteiger partial charge in [-0.05, 0) is 50.3 Å². The van der Waals surface area contributed by atoms with E-state index in [2.05, 4.69) is 4.90 Å². The van der Waals surface area contributed by atoms with E-state index in [1.807, 2.05) is 55.6 Å². The fraction of sp³-hybridized carbons (Fsp3) is 0.409. The lowest BCUT2D eigenvalue weighted by Gasteiger charge is -2.32. The lowest BCUT2D eigenvalue weighted by Crippen LogP contribution is -2.38. The van der Waals surface area contributed by atoms with Gasteiger partial charge >= 0.3 is 0 Å². The quantitative estimate of drug-likeness (QED) is 0.551. The molecule has 148 valence electrons. The highest BCUT2D eigenvalue weighted by molar-refractivity contribution is 7.13. The van der Waals surface area contributed by atoms with Gasteiger partial charge in [-0.15, -0.1) is 11.3 Å². The topological polar surface area (TPSA) is 47.7 Å². The van der Waals surface area contributed by atoms with Crippen molar-refractivity contribution in [2.45, 2.75) is 39.3 Å². The number of aromatic nitrogens is 1. The van der Waals surface area contributed by atoms with Crippen molar-refractivity contribution in [3.05, 3.63) is 53.2 Å². The maximum Gasteiger partial charge on any atom is 0.236 e. The number of hydrogen-bond acceptors (Lipinski definition) is 6. The Hall–Kier alpha value is -2.31. The molecular weight excluding hydrogens is 372 g/mol. The molecule has 0 unspecified atom stereocenters. The summed E-state index contributed by atoms with van der Waals surface area (Å²) in [6.07, 6.45) is 2.21. The minimum atomic E-state index is 0.220. The van der Waals surface area contributed by atoms with Gasteiger partial charge in [-0.1, -0.05) is 18.2 Å². The van der Waals surface area contributed by atoms with Crippen LogP contribution in [0, 0.1) is 6.92 Å². The fourth-order valence-corrected chi connectivity index (χ4v) is 4.13. The Morgan fingerprint density at radius 2 is 1.93 bits per heavy atom. The summed E-state index contributed by atoms with van der Waals surface area (Å²) < 4.78 is 17.8. The molecule has 1 fully saturated rings. The Bertz CT molecular complexity index is 883. The molecule has 4 rings (SSSR count). The fourth-order valence-electron chi connectivity index (χ4n) is 3.48. The Kier molecular flexibility index (Phi) is 5.98. The molecule has 0 bridgehead atoms. The minimum Gasteiger partial charge on any atom is -0.490 e. The van der Waals surface area contributed by atoms with Crippen LogP contribution < -0.4 is 9.47 Å². The lowest BCUT2D eigenvalue weighted by atomic mass is 10.1. The molecule has 1 aliphatic heterocycles. The highest BCUT2D eigenvalue weighted by Crippen LogP contribution is 2.30. The molecule has 0 N–H and O–H groups in total. The van der Waals surface area contributed by atoms with E-state index in [4.69, 9.17) is 18.9 Å². The van der Waals surface area contributed by atoms with E-state index in [9.17, 15) is 0 Å². The zero-order chi connectivity index (χ0) is 19.3. The maximum atomic E-state index is 6.23. The first kappa shape index (κ1) is 19.0. The van der Waals surface area contributed by atoms with Crippen LogP contribution in [0.2, 0.25) is 0 Å². The molecule has 6 heteroatoms. The van der Waals surface area contributed by atoms with Crippen molar-refractivity contribution in [2.24, 2.45) is 0 Å². The predicted octanol–water partition coefficient (Wildman–Crippen LogP) is 5.15. The van der Waals surface area contributed by atoms with Crippen molar-refractivity contribution in [3.8, 4) is 22.3 Å². The smallest absolute Gasteiger partial charge is 0.236 e. The molecule has 5 nitrogen and oxygen atoms in total. The molecule has 0 atom stereocenters. The monoisotopic (exact) mass is 398 g/mol. The Balaban J connectivity index is 1.33. The van der Waals surface area contributed by atoms with Gasteiger partial charge in [0.1, 0.15) is 11.9 Å². The maximum absolute atomic E-state index is 6.23. The number of oxazole rings is 1. The van der Waals surface area contributed by atoms with Gasteiger partial charge < -0.3 is 13.9 Å². The summed E-state index contributed by atoms with van der Waals surface area (Å²) in [6.45, 7) is 7.43. The first-order valence-corrected chi connectivity index (χ1v) is 10.7. The van der Waals surface area contributed by atoms with Crippen LogP contribution in [0.4, 0.5) is 0 Å². The van der Waals surface area contributed by atoms with E-state index in [1.54, 1.807) is 11.3 Å². The highest BCUT2D eigenvalue weighted by Gasteiger charge is 2.23. The summed E-state index contributed by atoms with van der Waals surface area (Å²) in [4.78, 5) is 8.23. The zero-order valence-electron chi connectivity index (χ0n) is 16.4. The predicted molar refractivity (Wildman–Crippen MR) is 111 cm³/mol. The van der Waals surface area contributed by atoms with Gasteiger partial charge in [0.25, 0.3) is 0 Å². The number of nitrogens with zero attached hydrogens (tertiary/aromatic N) is 2. The molecule has 3 aromatic rings. The van der Waals surface area contributed by atoms with Crippen LogP contribution in [-0.4, -0.2) is 35.7 Å². The summed E-state index contributed by atoms with van der Waals surface area (Å²) in [5, 5.41) is 2.04. The van der Waals surface area contributed by atoms with Gasteiger partial charge in [-0.2, -0.15) is 0 Å². The van der Waals surface area contributed by atoms with Crippen molar-refractivity contribution >= 4 is 11.3 Å².